The summed E-state index contributed by atoms with van der Waals surface area (Å²) in [6.07, 6.45) is 1.28. The van der Waals surface area contributed by atoms with Gasteiger partial charge in [0.15, 0.2) is 0 Å². The molecule has 112 valence electrons. The molecule has 7 heteroatoms. The van der Waals surface area contributed by atoms with Crippen molar-refractivity contribution in [2.45, 2.75) is 19.8 Å². The molecule has 6 nitrogen and oxygen atoms in total. The van der Waals surface area contributed by atoms with Gasteiger partial charge < -0.3 is 11.1 Å². The second kappa shape index (κ2) is 7.86. The summed E-state index contributed by atoms with van der Waals surface area (Å²) in [5, 5.41) is 2.73. The molecule has 0 atom stereocenters. The molecule has 0 fully saturated rings. The number of sulfonamides is 1. The molecular weight excluding hydrogens is 278 g/mol. The third kappa shape index (κ3) is 5.58. The molecular formula is C13H21N3O3S. The molecule has 0 aliphatic rings. The van der Waals surface area contributed by atoms with E-state index in [-0.39, 0.29) is 11.7 Å². The molecule has 0 radical (unpaired) electrons. The summed E-state index contributed by atoms with van der Waals surface area (Å²) in [5.41, 5.74) is 6.28. The van der Waals surface area contributed by atoms with Crippen LogP contribution in [-0.2, 0) is 10.0 Å². The van der Waals surface area contributed by atoms with Crippen molar-refractivity contribution < 1.29 is 13.2 Å². The average molecular weight is 299 g/mol. The molecule has 0 aromatic heterocycles. The Hall–Kier alpha value is -1.60. The smallest absolute Gasteiger partial charge is 0.251 e. The number of hydrogen-bond acceptors (Lipinski definition) is 4. The second-order valence-electron chi connectivity index (χ2n) is 4.40. The minimum absolute atomic E-state index is 0.0777. The number of nitrogens with two attached hydrogens (primary N) is 1. The van der Waals surface area contributed by atoms with Crippen molar-refractivity contribution >= 4 is 21.6 Å². The molecule has 4 N–H and O–H groups in total. The Kier molecular flexibility index (Phi) is 6.47. The highest BCUT2D eigenvalue weighted by Crippen LogP contribution is 2.11. The maximum atomic E-state index is 11.7. The summed E-state index contributed by atoms with van der Waals surface area (Å²) in [7, 11) is -3.30. The Morgan fingerprint density at radius 2 is 1.90 bits per heavy atom. The van der Waals surface area contributed by atoms with E-state index < -0.39 is 10.0 Å². The zero-order valence-electron chi connectivity index (χ0n) is 11.6. The van der Waals surface area contributed by atoms with Crippen LogP contribution < -0.4 is 15.8 Å². The molecule has 0 saturated carbocycles. The summed E-state index contributed by atoms with van der Waals surface area (Å²) in [5.74, 6) is -0.115. The zero-order chi connectivity index (χ0) is 15.0. The van der Waals surface area contributed by atoms with Crippen LogP contribution in [-0.4, -0.2) is 33.2 Å². The maximum absolute atomic E-state index is 11.7. The topological polar surface area (TPSA) is 101 Å². The van der Waals surface area contributed by atoms with Crippen LogP contribution >= 0.6 is 0 Å². The first-order valence-corrected chi connectivity index (χ1v) is 8.22. The van der Waals surface area contributed by atoms with E-state index >= 15 is 0 Å². The third-order valence-electron chi connectivity index (χ3n) is 2.56. The first-order valence-electron chi connectivity index (χ1n) is 6.57. The Bertz CT molecular complexity index is 526. The van der Waals surface area contributed by atoms with Crippen LogP contribution in [0.1, 0.15) is 30.1 Å². The first-order chi connectivity index (χ1) is 9.48. The molecule has 0 aliphatic carbocycles. The van der Waals surface area contributed by atoms with Gasteiger partial charge in [-0.1, -0.05) is 6.92 Å². The molecule has 1 amide bonds. The SMILES string of the molecule is CCCS(=O)(=O)Nc1ccc(C(=O)NCCCN)cc1. The highest BCUT2D eigenvalue weighted by molar-refractivity contribution is 7.92. The van der Waals surface area contributed by atoms with Gasteiger partial charge >= 0.3 is 0 Å². The summed E-state index contributed by atoms with van der Waals surface area (Å²) in [6, 6.07) is 6.32. The number of nitrogens with one attached hydrogen (secondary N) is 2. The fraction of sp³-hybridized carbons (Fsp3) is 0.462. The molecule has 0 heterocycles. The molecule has 0 spiro atoms. The summed E-state index contributed by atoms with van der Waals surface area (Å²) in [6.45, 7) is 2.85. The lowest BCUT2D eigenvalue weighted by Gasteiger charge is -2.08. The molecule has 0 unspecified atom stereocenters. The van der Waals surface area contributed by atoms with Crippen molar-refractivity contribution in [1.29, 1.82) is 0 Å². The average Bonchev–Trinajstić information content (AvgIpc) is 2.39. The lowest BCUT2D eigenvalue weighted by Crippen LogP contribution is -2.25. The lowest BCUT2D eigenvalue weighted by molar-refractivity contribution is 0.0953. The van der Waals surface area contributed by atoms with Gasteiger partial charge in [-0.15, -0.1) is 0 Å². The maximum Gasteiger partial charge on any atom is 0.251 e. The van der Waals surface area contributed by atoms with E-state index in [9.17, 15) is 13.2 Å². The predicted octanol–water partition coefficient (Wildman–Crippen LogP) is 0.917. The van der Waals surface area contributed by atoms with Gasteiger partial charge in [0.25, 0.3) is 5.91 Å². The third-order valence-corrected chi connectivity index (χ3v) is 4.05. The number of amides is 1. The molecule has 0 bridgehead atoms. The minimum Gasteiger partial charge on any atom is -0.352 e. The Morgan fingerprint density at radius 1 is 1.25 bits per heavy atom. The van der Waals surface area contributed by atoms with Gasteiger partial charge in [-0.05, 0) is 43.7 Å². The number of carbonyl (C=O) groups is 1. The van der Waals surface area contributed by atoms with Gasteiger partial charge in [0.1, 0.15) is 0 Å². The van der Waals surface area contributed by atoms with Crippen LogP contribution in [0.5, 0.6) is 0 Å². The van der Waals surface area contributed by atoms with Crippen LogP contribution in [0.3, 0.4) is 0 Å². The summed E-state index contributed by atoms with van der Waals surface area (Å²) >= 11 is 0. The standard InChI is InChI=1S/C13H21N3O3S/c1-2-10-20(18,19)16-12-6-4-11(5-7-12)13(17)15-9-3-8-14/h4-7,16H,2-3,8-10,14H2,1H3,(H,15,17). The number of anilines is 1. The summed E-state index contributed by atoms with van der Waals surface area (Å²) < 4.78 is 25.6. The quantitative estimate of drug-likeness (QED) is 0.621. The number of rotatable bonds is 8. The van der Waals surface area contributed by atoms with Crippen LogP contribution in [0.25, 0.3) is 0 Å². The van der Waals surface area contributed by atoms with Crippen LogP contribution in [0.4, 0.5) is 5.69 Å². The van der Waals surface area contributed by atoms with E-state index in [0.29, 0.717) is 30.8 Å². The van der Waals surface area contributed by atoms with Gasteiger partial charge in [-0.3, -0.25) is 9.52 Å². The van der Waals surface area contributed by atoms with Gasteiger partial charge in [0.05, 0.1) is 5.75 Å². The second-order valence-corrected chi connectivity index (χ2v) is 6.24. The Balaban J connectivity index is 2.62. The van der Waals surface area contributed by atoms with Crippen molar-refractivity contribution in [2.24, 2.45) is 5.73 Å². The van der Waals surface area contributed by atoms with Crippen molar-refractivity contribution in [3.05, 3.63) is 29.8 Å². The van der Waals surface area contributed by atoms with Gasteiger partial charge in [0, 0.05) is 17.8 Å². The van der Waals surface area contributed by atoms with Crippen LogP contribution in [0.15, 0.2) is 24.3 Å². The Morgan fingerprint density at radius 3 is 2.45 bits per heavy atom. The highest BCUT2D eigenvalue weighted by Gasteiger charge is 2.09. The van der Waals surface area contributed by atoms with E-state index in [0.717, 1.165) is 6.42 Å². The van der Waals surface area contributed by atoms with Crippen LogP contribution in [0.2, 0.25) is 0 Å². The fourth-order valence-corrected chi connectivity index (χ4v) is 2.73. The number of carbonyl (C=O) groups excluding carboxylic acids is 1. The molecule has 1 aromatic rings. The van der Waals surface area contributed by atoms with E-state index in [2.05, 4.69) is 10.0 Å². The van der Waals surface area contributed by atoms with Crippen molar-refractivity contribution in [1.82, 2.24) is 5.32 Å². The van der Waals surface area contributed by atoms with Crippen LogP contribution in [0, 0.1) is 0 Å². The minimum atomic E-state index is -3.30. The number of benzene rings is 1. The van der Waals surface area contributed by atoms with Crippen molar-refractivity contribution in [3.63, 3.8) is 0 Å². The summed E-state index contributed by atoms with van der Waals surface area (Å²) in [4.78, 5) is 11.7. The van der Waals surface area contributed by atoms with Gasteiger partial charge in [-0.2, -0.15) is 0 Å². The molecule has 1 rings (SSSR count). The normalized spacial score (nSPS) is 11.1. The molecule has 0 saturated heterocycles. The lowest BCUT2D eigenvalue weighted by atomic mass is 10.2. The predicted molar refractivity (Wildman–Crippen MR) is 80.1 cm³/mol. The molecule has 1 aromatic carbocycles. The largest absolute Gasteiger partial charge is 0.352 e. The fourth-order valence-electron chi connectivity index (χ4n) is 1.60. The van der Waals surface area contributed by atoms with Crippen molar-refractivity contribution in [2.75, 3.05) is 23.6 Å². The zero-order valence-corrected chi connectivity index (χ0v) is 12.4. The van der Waals surface area contributed by atoms with Gasteiger partial charge in [-0.25, -0.2) is 8.42 Å². The highest BCUT2D eigenvalue weighted by atomic mass is 32.2. The van der Waals surface area contributed by atoms with Gasteiger partial charge in [0.2, 0.25) is 10.0 Å². The van der Waals surface area contributed by atoms with E-state index in [1.54, 1.807) is 31.2 Å². The Labute approximate surface area is 119 Å². The van der Waals surface area contributed by atoms with E-state index in [4.69, 9.17) is 5.73 Å². The molecule has 20 heavy (non-hydrogen) atoms. The van der Waals surface area contributed by atoms with Crippen molar-refractivity contribution in [3.8, 4) is 0 Å². The van der Waals surface area contributed by atoms with E-state index in [1.807, 2.05) is 0 Å². The first kappa shape index (κ1) is 16.5. The monoisotopic (exact) mass is 299 g/mol. The molecule has 0 aliphatic heterocycles. The number of hydrogen-bond donors (Lipinski definition) is 3. The van der Waals surface area contributed by atoms with E-state index in [1.165, 1.54) is 0 Å².